The van der Waals surface area contributed by atoms with Crippen molar-refractivity contribution < 1.29 is 9.59 Å². The summed E-state index contributed by atoms with van der Waals surface area (Å²) in [6, 6.07) is 12.4. The fraction of sp³-hybridized carbons (Fsp3) is 0.200. The van der Waals surface area contributed by atoms with Gasteiger partial charge in [0.2, 0.25) is 5.91 Å². The van der Waals surface area contributed by atoms with Crippen LogP contribution in [0.1, 0.15) is 22.7 Å². The van der Waals surface area contributed by atoms with E-state index < -0.39 is 12.0 Å². The van der Waals surface area contributed by atoms with Gasteiger partial charge in [0.1, 0.15) is 5.92 Å². The first-order valence-corrected chi connectivity index (χ1v) is 9.05. The predicted molar refractivity (Wildman–Crippen MR) is 106 cm³/mol. The average molecular weight is 414 g/mol. The van der Waals surface area contributed by atoms with Gasteiger partial charge < -0.3 is 16.0 Å². The van der Waals surface area contributed by atoms with E-state index in [2.05, 4.69) is 38.5 Å². The zero-order valence-corrected chi connectivity index (χ0v) is 16.2. The van der Waals surface area contributed by atoms with Crippen molar-refractivity contribution in [1.82, 2.24) is 10.6 Å². The highest BCUT2D eigenvalue weighted by Gasteiger charge is 2.37. The summed E-state index contributed by atoms with van der Waals surface area (Å²) < 4.78 is 0.928. The molecule has 2 aromatic carbocycles. The number of anilines is 1. The van der Waals surface area contributed by atoms with Crippen molar-refractivity contribution in [2.45, 2.75) is 19.9 Å². The summed E-state index contributed by atoms with van der Waals surface area (Å²) in [5, 5.41) is 8.43. The largest absolute Gasteiger partial charge is 0.330 e. The summed E-state index contributed by atoms with van der Waals surface area (Å²) >= 11 is 3.40. The summed E-state index contributed by atoms with van der Waals surface area (Å²) in [5.74, 6) is -0.849. The summed E-state index contributed by atoms with van der Waals surface area (Å²) in [6.07, 6.45) is 0. The second-order valence-electron chi connectivity index (χ2n) is 6.37. The lowest BCUT2D eigenvalue weighted by molar-refractivity contribution is -0.119. The minimum Gasteiger partial charge on any atom is -0.330 e. The highest BCUT2D eigenvalue weighted by atomic mass is 79.9. The standard InChI is InChI=1S/C20H20BrN3O2/c1-11-5-4-6-16(12(11)2)23-19(25)17-13(3)22-20(26)24-18(17)14-7-9-15(21)10-8-14/h4-10,17-18H,3H2,1-2H3,(H,23,25)(H2,22,24,26)/t17-,18+/m0/s1. The molecule has 1 aliphatic rings. The smallest absolute Gasteiger partial charge is 0.319 e. The minimum atomic E-state index is -0.631. The first kappa shape index (κ1) is 18.2. The molecule has 2 atom stereocenters. The third-order valence-electron chi connectivity index (χ3n) is 4.64. The van der Waals surface area contributed by atoms with E-state index in [0.29, 0.717) is 5.70 Å². The van der Waals surface area contributed by atoms with Crippen molar-refractivity contribution in [2.75, 3.05) is 5.32 Å². The Balaban J connectivity index is 1.91. The van der Waals surface area contributed by atoms with Gasteiger partial charge >= 0.3 is 6.03 Å². The molecule has 3 rings (SSSR count). The highest BCUT2D eigenvalue weighted by Crippen LogP contribution is 2.31. The second kappa shape index (κ2) is 7.33. The van der Waals surface area contributed by atoms with Gasteiger partial charge in [-0.2, -0.15) is 0 Å². The van der Waals surface area contributed by atoms with Crippen LogP contribution in [-0.2, 0) is 4.79 Å². The number of halogens is 1. The minimum absolute atomic E-state index is 0.218. The second-order valence-corrected chi connectivity index (χ2v) is 7.28. The summed E-state index contributed by atoms with van der Waals surface area (Å²) in [4.78, 5) is 25.0. The Labute approximate surface area is 161 Å². The zero-order chi connectivity index (χ0) is 18.8. The highest BCUT2D eigenvalue weighted by molar-refractivity contribution is 9.10. The molecule has 0 unspecified atom stereocenters. The van der Waals surface area contributed by atoms with E-state index in [9.17, 15) is 9.59 Å². The van der Waals surface area contributed by atoms with Crippen LogP contribution in [0.15, 0.2) is 59.2 Å². The van der Waals surface area contributed by atoms with Gasteiger partial charge in [-0.25, -0.2) is 4.79 Å². The van der Waals surface area contributed by atoms with Crippen LogP contribution < -0.4 is 16.0 Å². The quantitative estimate of drug-likeness (QED) is 0.705. The number of hydrogen-bond donors (Lipinski definition) is 3. The van der Waals surface area contributed by atoms with Crippen LogP contribution in [0, 0.1) is 19.8 Å². The molecule has 0 spiro atoms. The van der Waals surface area contributed by atoms with Gasteiger partial charge in [0, 0.05) is 15.9 Å². The van der Waals surface area contributed by atoms with Crippen molar-refractivity contribution in [1.29, 1.82) is 0 Å². The number of hydrogen-bond acceptors (Lipinski definition) is 2. The maximum absolute atomic E-state index is 13.0. The van der Waals surface area contributed by atoms with Gasteiger partial charge in [-0.3, -0.25) is 4.79 Å². The van der Waals surface area contributed by atoms with E-state index in [-0.39, 0.29) is 11.9 Å². The lowest BCUT2D eigenvalue weighted by Gasteiger charge is -2.34. The first-order valence-electron chi connectivity index (χ1n) is 8.25. The fourth-order valence-corrected chi connectivity index (χ4v) is 3.30. The van der Waals surface area contributed by atoms with E-state index in [1.165, 1.54) is 0 Å². The van der Waals surface area contributed by atoms with Crippen LogP contribution in [0.4, 0.5) is 10.5 Å². The Morgan fingerprint density at radius 3 is 2.54 bits per heavy atom. The Morgan fingerprint density at radius 2 is 1.85 bits per heavy atom. The molecule has 0 saturated carbocycles. The molecule has 0 radical (unpaired) electrons. The third kappa shape index (κ3) is 3.65. The molecular formula is C20H20BrN3O2. The number of urea groups is 1. The topological polar surface area (TPSA) is 70.2 Å². The Hall–Kier alpha value is -2.60. The number of benzene rings is 2. The fourth-order valence-electron chi connectivity index (χ4n) is 3.04. The van der Waals surface area contributed by atoms with Crippen molar-refractivity contribution in [2.24, 2.45) is 5.92 Å². The number of rotatable bonds is 3. The normalized spacial score (nSPS) is 19.5. The van der Waals surface area contributed by atoms with Crippen molar-refractivity contribution in [3.05, 3.63) is 75.9 Å². The number of amides is 3. The van der Waals surface area contributed by atoms with Crippen LogP contribution in [0.2, 0.25) is 0 Å². The molecule has 0 bridgehead atoms. The van der Waals surface area contributed by atoms with E-state index in [1.807, 2.05) is 56.3 Å². The molecule has 1 aliphatic heterocycles. The molecule has 3 N–H and O–H groups in total. The SMILES string of the molecule is C=C1NC(=O)N[C@H](c2ccc(Br)cc2)[C@H]1C(=O)Nc1cccc(C)c1C. The molecule has 0 aliphatic carbocycles. The Bertz CT molecular complexity index is 877. The monoisotopic (exact) mass is 413 g/mol. The maximum Gasteiger partial charge on any atom is 0.319 e. The summed E-state index contributed by atoms with van der Waals surface area (Å²) in [6.45, 7) is 7.86. The first-order chi connectivity index (χ1) is 12.4. The van der Waals surface area contributed by atoms with Crippen molar-refractivity contribution in [3.8, 4) is 0 Å². The molecule has 3 amide bonds. The third-order valence-corrected chi connectivity index (χ3v) is 5.17. The van der Waals surface area contributed by atoms with E-state index in [1.54, 1.807) is 0 Å². The van der Waals surface area contributed by atoms with Crippen LogP contribution in [0.5, 0.6) is 0 Å². The number of aryl methyl sites for hydroxylation is 1. The van der Waals surface area contributed by atoms with Crippen LogP contribution in [0.25, 0.3) is 0 Å². The molecule has 1 saturated heterocycles. The molecule has 1 heterocycles. The average Bonchev–Trinajstić information content (AvgIpc) is 2.59. The molecule has 2 aromatic rings. The van der Waals surface area contributed by atoms with Crippen molar-refractivity contribution >= 4 is 33.6 Å². The molecule has 0 aromatic heterocycles. The lowest BCUT2D eigenvalue weighted by atomic mass is 9.88. The molecule has 5 nitrogen and oxygen atoms in total. The van der Waals surface area contributed by atoms with Gasteiger partial charge in [0.15, 0.2) is 0 Å². The lowest BCUT2D eigenvalue weighted by Crippen LogP contribution is -2.51. The predicted octanol–water partition coefficient (Wildman–Crippen LogP) is 4.19. The van der Waals surface area contributed by atoms with Crippen LogP contribution >= 0.6 is 15.9 Å². The van der Waals surface area contributed by atoms with E-state index in [4.69, 9.17) is 0 Å². The molecule has 134 valence electrons. The Kier molecular flexibility index (Phi) is 5.13. The van der Waals surface area contributed by atoms with Crippen LogP contribution in [-0.4, -0.2) is 11.9 Å². The molecule has 1 fully saturated rings. The van der Waals surface area contributed by atoms with Gasteiger partial charge in [0.05, 0.1) is 6.04 Å². The number of carbonyl (C=O) groups excluding carboxylic acids is 2. The van der Waals surface area contributed by atoms with E-state index in [0.717, 1.165) is 26.9 Å². The maximum atomic E-state index is 13.0. The summed E-state index contributed by atoms with van der Waals surface area (Å²) in [5.41, 5.74) is 4.09. The number of carbonyl (C=O) groups is 2. The summed E-state index contributed by atoms with van der Waals surface area (Å²) in [7, 11) is 0. The van der Waals surface area contributed by atoms with Crippen LogP contribution in [0.3, 0.4) is 0 Å². The van der Waals surface area contributed by atoms with Gasteiger partial charge in [-0.05, 0) is 48.7 Å². The molecule has 26 heavy (non-hydrogen) atoms. The zero-order valence-electron chi connectivity index (χ0n) is 14.6. The van der Waals surface area contributed by atoms with E-state index >= 15 is 0 Å². The Morgan fingerprint density at radius 1 is 1.15 bits per heavy atom. The van der Waals surface area contributed by atoms with Crippen molar-refractivity contribution in [3.63, 3.8) is 0 Å². The van der Waals surface area contributed by atoms with Gasteiger partial charge in [-0.15, -0.1) is 0 Å². The number of nitrogens with one attached hydrogen (secondary N) is 3. The van der Waals surface area contributed by atoms with Gasteiger partial charge in [0.25, 0.3) is 0 Å². The molecular weight excluding hydrogens is 394 g/mol. The molecule has 6 heteroatoms. The van der Waals surface area contributed by atoms with Gasteiger partial charge in [-0.1, -0.05) is 46.8 Å².